The summed E-state index contributed by atoms with van der Waals surface area (Å²) in [6.07, 6.45) is 6.11. The first kappa shape index (κ1) is 13.6. The van der Waals surface area contributed by atoms with Crippen molar-refractivity contribution in [1.82, 2.24) is 0 Å². The molecule has 3 atom stereocenters. The molecule has 86 valence electrons. The lowest BCUT2D eigenvalue weighted by Crippen LogP contribution is -2.31. The molecule has 0 aliphatic heterocycles. The quantitative estimate of drug-likeness (QED) is 0.294. The number of hydrogen-bond donors (Lipinski definition) is 0. The van der Waals surface area contributed by atoms with E-state index in [0.717, 1.165) is 18.8 Å². The van der Waals surface area contributed by atoms with E-state index in [0.29, 0.717) is 3.42 Å². The Balaban J connectivity index is 2.76. The highest BCUT2D eigenvalue weighted by molar-refractivity contribution is 14.1. The maximum Gasteiger partial charge on any atom is 0.0683 e. The summed E-state index contributed by atoms with van der Waals surface area (Å²) >= 11 is 7.36. The van der Waals surface area contributed by atoms with Gasteiger partial charge in [-0.3, -0.25) is 0 Å². The van der Waals surface area contributed by atoms with Gasteiger partial charge in [0.2, 0.25) is 0 Å². The summed E-state index contributed by atoms with van der Waals surface area (Å²) in [5, 5.41) is 2.57. The van der Waals surface area contributed by atoms with E-state index in [1.807, 2.05) is 0 Å². The summed E-state index contributed by atoms with van der Waals surface area (Å²) in [6, 6.07) is 0. The summed E-state index contributed by atoms with van der Waals surface area (Å²) in [4.78, 5) is 4.38. The third-order valence-electron chi connectivity index (χ3n) is 3.45. The number of alkyl halides is 1. The molecule has 15 heavy (non-hydrogen) atoms. The topological polar surface area (TPSA) is 12.4 Å². The van der Waals surface area contributed by atoms with E-state index in [1.165, 1.54) is 19.3 Å². The molecule has 0 N–H and O–H groups in total. The van der Waals surface area contributed by atoms with Crippen LogP contribution in [0, 0.1) is 5.92 Å². The fraction of sp³-hybridized carbons (Fsp3) is 0.917. The van der Waals surface area contributed by atoms with Crippen LogP contribution in [0.15, 0.2) is 4.99 Å². The lowest BCUT2D eigenvalue weighted by atomic mass is 9.78. The van der Waals surface area contributed by atoms with Gasteiger partial charge in [0.25, 0.3) is 0 Å². The second-order valence-electron chi connectivity index (χ2n) is 5.46. The number of nitrogens with zero attached hydrogens (tertiary/aromatic N) is 1. The van der Waals surface area contributed by atoms with Gasteiger partial charge in [-0.05, 0) is 57.2 Å². The van der Waals surface area contributed by atoms with Crippen molar-refractivity contribution in [1.29, 1.82) is 0 Å². The van der Waals surface area contributed by atoms with Crippen LogP contribution in [0.1, 0.15) is 52.9 Å². The van der Waals surface area contributed by atoms with Gasteiger partial charge < -0.3 is 0 Å². The van der Waals surface area contributed by atoms with Gasteiger partial charge in [-0.2, -0.15) is 0 Å². The van der Waals surface area contributed by atoms with Crippen LogP contribution in [0.5, 0.6) is 0 Å². The molecule has 1 nitrogen and oxygen atoms in total. The Labute approximate surface area is 112 Å². The molecule has 0 aromatic rings. The Morgan fingerprint density at radius 3 is 2.60 bits per heavy atom. The molecule has 0 radical (unpaired) electrons. The van der Waals surface area contributed by atoms with Crippen LogP contribution in [0.2, 0.25) is 0 Å². The third-order valence-corrected chi connectivity index (χ3v) is 4.52. The zero-order valence-corrected chi connectivity index (χ0v) is 12.8. The van der Waals surface area contributed by atoms with Crippen LogP contribution in [0.4, 0.5) is 0 Å². The number of rotatable bonds is 1. The van der Waals surface area contributed by atoms with Crippen LogP contribution in [0.25, 0.3) is 0 Å². The molecule has 0 amide bonds. The smallest absolute Gasteiger partial charge is 0.0683 e. The molecule has 0 bridgehead atoms. The van der Waals surface area contributed by atoms with Crippen LogP contribution in [0.3, 0.4) is 0 Å². The van der Waals surface area contributed by atoms with Crippen molar-refractivity contribution in [3.8, 4) is 0 Å². The standard InChI is InChI=1S/C12H20INS/c1-10-4-5-12(3,14-9-15)7-6-11(2,13)8-10/h10H,4-8H2,1-3H3. The zero-order chi connectivity index (χ0) is 11.5. The number of thiocarbonyl (C=S) groups is 1. The van der Waals surface area contributed by atoms with E-state index in [-0.39, 0.29) is 5.54 Å². The van der Waals surface area contributed by atoms with Crippen LogP contribution in [-0.2, 0) is 0 Å². The van der Waals surface area contributed by atoms with E-state index in [4.69, 9.17) is 12.2 Å². The molecule has 0 saturated heterocycles. The van der Waals surface area contributed by atoms with Crippen LogP contribution in [-0.4, -0.2) is 14.1 Å². The molecule has 3 unspecified atom stereocenters. The highest BCUT2D eigenvalue weighted by Crippen LogP contribution is 2.40. The lowest BCUT2D eigenvalue weighted by Gasteiger charge is -2.35. The second kappa shape index (κ2) is 5.24. The minimum absolute atomic E-state index is 0.0445. The molecule has 0 spiro atoms. The van der Waals surface area contributed by atoms with Gasteiger partial charge in [0.1, 0.15) is 0 Å². The maximum absolute atomic E-state index is 4.75. The molecule has 0 heterocycles. The summed E-state index contributed by atoms with van der Waals surface area (Å²) in [6.45, 7) is 6.93. The number of aliphatic imine (C=N–C) groups is 1. The van der Waals surface area contributed by atoms with Gasteiger partial charge in [0, 0.05) is 3.42 Å². The fourth-order valence-electron chi connectivity index (χ4n) is 2.36. The predicted molar refractivity (Wildman–Crippen MR) is 78.1 cm³/mol. The van der Waals surface area contributed by atoms with E-state index >= 15 is 0 Å². The normalized spacial score (nSPS) is 42.5. The summed E-state index contributed by atoms with van der Waals surface area (Å²) in [5.41, 5.74) is 0.0445. The molecular weight excluding hydrogens is 317 g/mol. The van der Waals surface area contributed by atoms with Gasteiger partial charge >= 0.3 is 0 Å². The van der Waals surface area contributed by atoms with Gasteiger partial charge in [-0.15, -0.1) is 0 Å². The Kier molecular flexibility index (Phi) is 4.75. The molecule has 0 aromatic heterocycles. The van der Waals surface area contributed by atoms with Crippen molar-refractivity contribution < 1.29 is 0 Å². The second-order valence-corrected chi connectivity index (χ2v) is 8.25. The highest BCUT2D eigenvalue weighted by Gasteiger charge is 2.33. The molecule has 1 aliphatic rings. The number of isothiocyanates is 1. The van der Waals surface area contributed by atoms with E-state index in [1.54, 1.807) is 0 Å². The Hall–Kier alpha value is 0.530. The van der Waals surface area contributed by atoms with Gasteiger partial charge in [0.05, 0.1) is 10.7 Å². The highest BCUT2D eigenvalue weighted by atomic mass is 127. The van der Waals surface area contributed by atoms with Crippen molar-refractivity contribution >= 4 is 40.0 Å². The summed E-state index contributed by atoms with van der Waals surface area (Å²) in [5.74, 6) is 0.798. The number of halogens is 1. The Bertz CT molecular complexity index is 271. The third kappa shape index (κ3) is 4.49. The first-order valence-electron chi connectivity index (χ1n) is 5.65. The fourth-order valence-corrected chi connectivity index (χ4v) is 3.61. The molecule has 3 heteroatoms. The largest absolute Gasteiger partial charge is 0.226 e. The van der Waals surface area contributed by atoms with E-state index in [2.05, 4.69) is 53.5 Å². The maximum atomic E-state index is 4.75. The SMILES string of the molecule is CC1CCC(C)(N=C=S)CCC(C)(I)C1. The summed E-state index contributed by atoms with van der Waals surface area (Å²) < 4.78 is 0.426. The molecule has 0 aromatic carbocycles. The van der Waals surface area contributed by atoms with Crippen molar-refractivity contribution in [2.75, 3.05) is 0 Å². The minimum Gasteiger partial charge on any atom is -0.226 e. The van der Waals surface area contributed by atoms with E-state index < -0.39 is 0 Å². The predicted octanol–water partition coefficient (Wildman–Crippen LogP) is 4.64. The first-order chi connectivity index (χ1) is 6.87. The molecule has 1 fully saturated rings. The van der Waals surface area contributed by atoms with Gasteiger partial charge in [0.15, 0.2) is 0 Å². The first-order valence-corrected chi connectivity index (χ1v) is 7.14. The molecule has 1 rings (SSSR count). The Morgan fingerprint density at radius 1 is 1.33 bits per heavy atom. The lowest BCUT2D eigenvalue weighted by molar-refractivity contribution is 0.283. The molecular formula is C12H20INS. The van der Waals surface area contributed by atoms with Crippen LogP contribution >= 0.6 is 34.8 Å². The monoisotopic (exact) mass is 337 g/mol. The number of hydrogen-bond acceptors (Lipinski definition) is 2. The average molecular weight is 337 g/mol. The minimum atomic E-state index is 0.0445. The van der Waals surface area contributed by atoms with Crippen molar-refractivity contribution in [2.45, 2.75) is 61.8 Å². The Morgan fingerprint density at radius 2 is 2.00 bits per heavy atom. The molecule has 1 saturated carbocycles. The zero-order valence-electron chi connectivity index (χ0n) is 9.85. The van der Waals surface area contributed by atoms with Gasteiger partial charge in [-0.25, -0.2) is 4.99 Å². The van der Waals surface area contributed by atoms with Crippen molar-refractivity contribution in [3.05, 3.63) is 0 Å². The van der Waals surface area contributed by atoms with Crippen LogP contribution < -0.4 is 0 Å². The van der Waals surface area contributed by atoms with Gasteiger partial charge in [-0.1, -0.05) is 36.4 Å². The van der Waals surface area contributed by atoms with E-state index in [9.17, 15) is 0 Å². The molecule has 1 aliphatic carbocycles. The van der Waals surface area contributed by atoms with Crippen molar-refractivity contribution in [3.63, 3.8) is 0 Å². The average Bonchev–Trinajstić information content (AvgIpc) is 2.11. The summed E-state index contributed by atoms with van der Waals surface area (Å²) in [7, 11) is 0. The van der Waals surface area contributed by atoms with Crippen molar-refractivity contribution in [2.24, 2.45) is 10.9 Å².